The Balaban J connectivity index is 2.23. The Morgan fingerprint density at radius 3 is 2.63 bits per heavy atom. The molecule has 102 valence electrons. The van der Waals surface area contributed by atoms with Crippen LogP contribution in [-0.4, -0.2) is 22.8 Å². The van der Waals surface area contributed by atoms with Gasteiger partial charge in [-0.2, -0.15) is 0 Å². The third kappa shape index (κ3) is 3.24. The maximum atomic E-state index is 10.0. The van der Waals surface area contributed by atoms with Crippen molar-refractivity contribution >= 4 is 10.9 Å². The molecule has 0 aliphatic carbocycles. The summed E-state index contributed by atoms with van der Waals surface area (Å²) >= 11 is 0. The number of pyridine rings is 1. The van der Waals surface area contributed by atoms with E-state index >= 15 is 0 Å². The lowest BCUT2D eigenvalue weighted by atomic mass is 9.90. The van der Waals surface area contributed by atoms with E-state index < -0.39 is 6.10 Å². The van der Waals surface area contributed by atoms with Gasteiger partial charge < -0.3 is 9.84 Å². The number of ether oxygens (including phenoxy) is 1. The van der Waals surface area contributed by atoms with Crippen LogP contribution >= 0.6 is 0 Å². The monoisotopic (exact) mass is 259 g/mol. The van der Waals surface area contributed by atoms with Crippen molar-refractivity contribution in [1.82, 2.24) is 4.98 Å². The van der Waals surface area contributed by atoms with Crippen LogP contribution in [0.4, 0.5) is 0 Å². The van der Waals surface area contributed by atoms with E-state index in [0.717, 1.165) is 22.3 Å². The number of aliphatic hydroxyl groups excluding tert-OH is 1. The Hall–Kier alpha value is -1.61. The van der Waals surface area contributed by atoms with E-state index in [0.29, 0.717) is 0 Å². The summed E-state index contributed by atoms with van der Waals surface area (Å²) in [5.74, 6) is 0.726. The lowest BCUT2D eigenvalue weighted by Gasteiger charge is -2.25. The van der Waals surface area contributed by atoms with Crippen LogP contribution in [0.2, 0.25) is 0 Å². The molecule has 0 aliphatic heterocycles. The molecule has 2 rings (SSSR count). The molecule has 3 heteroatoms. The number of hydrogen-bond donors (Lipinski definition) is 1. The van der Waals surface area contributed by atoms with Gasteiger partial charge in [-0.3, -0.25) is 0 Å². The van der Waals surface area contributed by atoms with E-state index in [1.807, 2.05) is 58.0 Å². The van der Waals surface area contributed by atoms with E-state index in [1.54, 1.807) is 0 Å². The van der Waals surface area contributed by atoms with Gasteiger partial charge in [-0.05, 0) is 24.5 Å². The van der Waals surface area contributed by atoms with Crippen LogP contribution in [0.3, 0.4) is 0 Å². The highest BCUT2D eigenvalue weighted by Gasteiger charge is 2.22. The number of para-hydroxylation sites is 1. The summed E-state index contributed by atoms with van der Waals surface area (Å²) in [6, 6.07) is 9.86. The SMILES string of the molecule is Cc1ccc2cccc(OCC(O)C(C)(C)C)c2n1. The lowest BCUT2D eigenvalue weighted by Crippen LogP contribution is -2.31. The Kier molecular flexibility index (Phi) is 3.76. The van der Waals surface area contributed by atoms with Gasteiger partial charge in [-0.25, -0.2) is 4.98 Å². The summed E-state index contributed by atoms with van der Waals surface area (Å²) in [5.41, 5.74) is 1.62. The molecular formula is C16H21NO2. The largest absolute Gasteiger partial charge is 0.489 e. The fourth-order valence-electron chi connectivity index (χ4n) is 1.75. The fourth-order valence-corrected chi connectivity index (χ4v) is 1.75. The van der Waals surface area contributed by atoms with E-state index in [1.165, 1.54) is 0 Å². The molecule has 0 bridgehead atoms. The molecule has 0 saturated carbocycles. The first-order valence-electron chi connectivity index (χ1n) is 6.55. The molecule has 0 fully saturated rings. The van der Waals surface area contributed by atoms with E-state index in [9.17, 15) is 5.11 Å². The van der Waals surface area contributed by atoms with Crippen LogP contribution in [0.5, 0.6) is 5.75 Å². The van der Waals surface area contributed by atoms with Crippen molar-refractivity contribution in [2.24, 2.45) is 5.41 Å². The summed E-state index contributed by atoms with van der Waals surface area (Å²) in [5, 5.41) is 11.1. The minimum Gasteiger partial charge on any atom is -0.489 e. The number of fused-ring (bicyclic) bond motifs is 1. The number of aromatic nitrogens is 1. The standard InChI is InChI=1S/C16H21NO2/c1-11-8-9-12-6-5-7-13(15(12)17-11)19-10-14(18)16(2,3)4/h5-9,14,18H,10H2,1-4H3. The first-order valence-corrected chi connectivity index (χ1v) is 6.55. The highest BCUT2D eigenvalue weighted by molar-refractivity contribution is 5.84. The minimum absolute atomic E-state index is 0.187. The molecule has 1 aromatic heterocycles. The Morgan fingerprint density at radius 2 is 1.95 bits per heavy atom. The van der Waals surface area contributed by atoms with Crippen molar-refractivity contribution in [1.29, 1.82) is 0 Å². The van der Waals surface area contributed by atoms with Crippen LogP contribution in [0.15, 0.2) is 30.3 Å². The van der Waals surface area contributed by atoms with Gasteiger partial charge in [-0.1, -0.05) is 39.0 Å². The van der Waals surface area contributed by atoms with Gasteiger partial charge in [0.15, 0.2) is 0 Å². The van der Waals surface area contributed by atoms with Gasteiger partial charge in [0.25, 0.3) is 0 Å². The second-order valence-corrected chi connectivity index (χ2v) is 5.97. The van der Waals surface area contributed by atoms with Gasteiger partial charge in [-0.15, -0.1) is 0 Å². The Bertz CT molecular complexity index is 572. The van der Waals surface area contributed by atoms with Gasteiger partial charge in [0.2, 0.25) is 0 Å². The van der Waals surface area contributed by atoms with Crippen molar-refractivity contribution in [3.63, 3.8) is 0 Å². The molecule has 1 N–H and O–H groups in total. The molecule has 0 amide bonds. The highest BCUT2D eigenvalue weighted by atomic mass is 16.5. The summed E-state index contributed by atoms with van der Waals surface area (Å²) in [4.78, 5) is 4.51. The molecule has 0 saturated heterocycles. The molecule has 1 heterocycles. The van der Waals surface area contributed by atoms with Crippen LogP contribution in [-0.2, 0) is 0 Å². The maximum Gasteiger partial charge on any atom is 0.145 e. The smallest absolute Gasteiger partial charge is 0.145 e. The minimum atomic E-state index is -0.507. The number of aliphatic hydroxyl groups is 1. The third-order valence-electron chi connectivity index (χ3n) is 3.22. The van der Waals surface area contributed by atoms with E-state index in [4.69, 9.17) is 4.74 Å². The quantitative estimate of drug-likeness (QED) is 0.919. The molecular weight excluding hydrogens is 238 g/mol. The average Bonchev–Trinajstić information content (AvgIpc) is 2.34. The highest BCUT2D eigenvalue weighted by Crippen LogP contribution is 2.25. The number of nitrogens with zero attached hydrogens (tertiary/aromatic N) is 1. The molecule has 1 atom stereocenters. The zero-order valence-corrected chi connectivity index (χ0v) is 12.0. The van der Waals surface area contributed by atoms with Gasteiger partial charge in [0.1, 0.15) is 17.9 Å². The fraction of sp³-hybridized carbons (Fsp3) is 0.438. The van der Waals surface area contributed by atoms with Gasteiger partial charge in [0, 0.05) is 11.1 Å². The zero-order valence-electron chi connectivity index (χ0n) is 12.0. The Labute approximate surface area is 114 Å². The second kappa shape index (κ2) is 5.17. The number of benzene rings is 1. The summed E-state index contributed by atoms with van der Waals surface area (Å²) in [7, 11) is 0. The van der Waals surface area contributed by atoms with Gasteiger partial charge >= 0.3 is 0 Å². The molecule has 19 heavy (non-hydrogen) atoms. The zero-order chi connectivity index (χ0) is 14.0. The third-order valence-corrected chi connectivity index (χ3v) is 3.22. The summed E-state index contributed by atoms with van der Waals surface area (Å²) < 4.78 is 5.75. The van der Waals surface area contributed by atoms with E-state index in [2.05, 4.69) is 4.98 Å². The Morgan fingerprint density at radius 1 is 1.21 bits per heavy atom. The normalized spacial score (nSPS) is 13.5. The maximum absolute atomic E-state index is 10.0. The summed E-state index contributed by atoms with van der Waals surface area (Å²) in [6.07, 6.45) is -0.507. The van der Waals surface area contributed by atoms with Crippen molar-refractivity contribution < 1.29 is 9.84 Å². The number of hydrogen-bond acceptors (Lipinski definition) is 3. The van der Waals surface area contributed by atoms with E-state index in [-0.39, 0.29) is 12.0 Å². The van der Waals surface area contributed by atoms with Crippen LogP contribution in [0, 0.1) is 12.3 Å². The van der Waals surface area contributed by atoms with Crippen molar-refractivity contribution in [2.45, 2.75) is 33.8 Å². The van der Waals surface area contributed by atoms with Crippen molar-refractivity contribution in [3.8, 4) is 5.75 Å². The molecule has 0 radical (unpaired) electrons. The second-order valence-electron chi connectivity index (χ2n) is 5.97. The molecule has 2 aromatic rings. The summed E-state index contributed by atoms with van der Waals surface area (Å²) in [6.45, 7) is 8.21. The number of rotatable bonds is 3. The predicted molar refractivity (Wildman–Crippen MR) is 77.4 cm³/mol. The average molecular weight is 259 g/mol. The first-order chi connectivity index (χ1) is 8.88. The molecule has 3 nitrogen and oxygen atoms in total. The topological polar surface area (TPSA) is 42.4 Å². The molecule has 1 unspecified atom stereocenters. The van der Waals surface area contributed by atoms with Crippen molar-refractivity contribution in [2.75, 3.05) is 6.61 Å². The van der Waals surface area contributed by atoms with Crippen molar-refractivity contribution in [3.05, 3.63) is 36.0 Å². The van der Waals surface area contributed by atoms with Crippen LogP contribution in [0.1, 0.15) is 26.5 Å². The lowest BCUT2D eigenvalue weighted by molar-refractivity contribution is 0.0222. The molecule has 0 aliphatic rings. The molecule has 1 aromatic carbocycles. The first kappa shape index (κ1) is 13.8. The number of aryl methyl sites for hydroxylation is 1. The van der Waals surface area contributed by atoms with Gasteiger partial charge in [0.05, 0.1) is 6.10 Å². The van der Waals surface area contributed by atoms with Crippen LogP contribution < -0.4 is 4.74 Å². The predicted octanol–water partition coefficient (Wildman–Crippen LogP) is 3.33. The van der Waals surface area contributed by atoms with Crippen LogP contribution in [0.25, 0.3) is 10.9 Å². The molecule has 0 spiro atoms.